The average molecular weight is 339 g/mol. The Hall–Kier alpha value is -1.79. The maximum atomic E-state index is 13.5. The van der Waals surface area contributed by atoms with Crippen LogP contribution in [-0.2, 0) is 0 Å². The van der Waals surface area contributed by atoms with Gasteiger partial charge in [-0.2, -0.15) is 0 Å². The van der Waals surface area contributed by atoms with Crippen molar-refractivity contribution in [1.82, 2.24) is 10.3 Å². The van der Waals surface area contributed by atoms with Crippen LogP contribution in [0.4, 0.5) is 4.39 Å². The van der Waals surface area contributed by atoms with E-state index in [1.807, 2.05) is 0 Å². The smallest absolute Gasteiger partial charge is 0.251 e. The fourth-order valence-electron chi connectivity index (χ4n) is 1.69. The van der Waals surface area contributed by atoms with Crippen molar-refractivity contribution in [3.63, 3.8) is 0 Å². The van der Waals surface area contributed by atoms with Gasteiger partial charge in [0.2, 0.25) is 0 Å². The third-order valence-electron chi connectivity index (χ3n) is 2.71. The molecule has 2 N–H and O–H groups in total. The van der Waals surface area contributed by atoms with Crippen molar-refractivity contribution in [1.29, 1.82) is 0 Å². The number of nitrogens with zero attached hydrogens (tertiary/aromatic N) is 1. The molecule has 1 aromatic heterocycles. The van der Waals surface area contributed by atoms with Gasteiger partial charge < -0.3 is 10.4 Å². The van der Waals surface area contributed by atoms with Crippen molar-refractivity contribution in [2.24, 2.45) is 0 Å². The number of carbonyl (C=O) groups excluding carboxylic acids is 1. The molecular formula is C14H12BrFN2O2. The van der Waals surface area contributed by atoms with Crippen molar-refractivity contribution < 1.29 is 14.3 Å². The van der Waals surface area contributed by atoms with Crippen molar-refractivity contribution in [3.8, 4) is 0 Å². The summed E-state index contributed by atoms with van der Waals surface area (Å²) >= 11 is 3.17. The number of hydrogen-bond acceptors (Lipinski definition) is 3. The second-order valence-electron chi connectivity index (χ2n) is 4.11. The number of aliphatic hydroxyl groups is 1. The minimum Gasteiger partial charge on any atom is -0.386 e. The van der Waals surface area contributed by atoms with Crippen molar-refractivity contribution in [3.05, 3.63) is 64.1 Å². The molecule has 20 heavy (non-hydrogen) atoms. The molecule has 2 aromatic rings. The predicted octanol–water partition coefficient (Wildman–Crippen LogP) is 2.45. The first-order valence-electron chi connectivity index (χ1n) is 5.90. The Morgan fingerprint density at radius 1 is 1.40 bits per heavy atom. The number of pyridine rings is 1. The molecule has 6 heteroatoms. The predicted molar refractivity (Wildman–Crippen MR) is 75.6 cm³/mol. The minimum atomic E-state index is -1.09. The highest BCUT2D eigenvalue weighted by Crippen LogP contribution is 2.16. The number of benzene rings is 1. The number of aliphatic hydroxyl groups excluding tert-OH is 1. The molecule has 4 nitrogen and oxygen atoms in total. The van der Waals surface area contributed by atoms with E-state index in [2.05, 4.69) is 26.2 Å². The third-order valence-corrected chi connectivity index (χ3v) is 3.14. The molecule has 2 rings (SSSR count). The van der Waals surface area contributed by atoms with Crippen LogP contribution >= 0.6 is 15.9 Å². The molecule has 0 bridgehead atoms. The topological polar surface area (TPSA) is 62.2 Å². The molecule has 1 amide bonds. The molecule has 0 saturated carbocycles. The summed E-state index contributed by atoms with van der Waals surface area (Å²) in [6.45, 7) is -0.0697. The van der Waals surface area contributed by atoms with Crippen LogP contribution in [0.5, 0.6) is 0 Å². The lowest BCUT2D eigenvalue weighted by atomic mass is 10.1. The lowest BCUT2D eigenvalue weighted by molar-refractivity contribution is 0.0914. The Labute approximate surface area is 123 Å². The van der Waals surface area contributed by atoms with Crippen LogP contribution in [-0.4, -0.2) is 22.5 Å². The second-order valence-corrected chi connectivity index (χ2v) is 4.93. The van der Waals surface area contributed by atoms with E-state index in [9.17, 15) is 14.3 Å². The molecular weight excluding hydrogens is 327 g/mol. The Morgan fingerprint density at radius 3 is 2.85 bits per heavy atom. The highest BCUT2D eigenvalue weighted by Gasteiger charge is 2.14. The van der Waals surface area contributed by atoms with Crippen molar-refractivity contribution in [2.75, 3.05) is 6.54 Å². The van der Waals surface area contributed by atoms with Gasteiger partial charge in [-0.15, -0.1) is 0 Å². The first-order chi connectivity index (χ1) is 9.58. The zero-order chi connectivity index (χ0) is 14.5. The first kappa shape index (κ1) is 14.6. The molecule has 1 atom stereocenters. The summed E-state index contributed by atoms with van der Waals surface area (Å²) in [6, 6.07) is 9.03. The van der Waals surface area contributed by atoms with Crippen LogP contribution in [0.3, 0.4) is 0 Å². The summed E-state index contributed by atoms with van der Waals surface area (Å²) < 4.78 is 14.0. The molecule has 0 aliphatic heterocycles. The Kier molecular flexibility index (Phi) is 4.81. The summed E-state index contributed by atoms with van der Waals surface area (Å²) in [6.07, 6.45) is 0.400. The molecule has 1 aromatic carbocycles. The van der Waals surface area contributed by atoms with E-state index in [-0.39, 0.29) is 18.0 Å². The van der Waals surface area contributed by atoms with Gasteiger partial charge in [0.25, 0.3) is 5.91 Å². The van der Waals surface area contributed by atoms with E-state index in [1.165, 1.54) is 18.3 Å². The average Bonchev–Trinajstić information content (AvgIpc) is 2.45. The van der Waals surface area contributed by atoms with Gasteiger partial charge in [0.1, 0.15) is 10.4 Å². The monoisotopic (exact) mass is 338 g/mol. The molecule has 0 spiro atoms. The number of nitrogens with one attached hydrogen (secondary N) is 1. The minimum absolute atomic E-state index is 0.0697. The van der Waals surface area contributed by atoms with E-state index in [4.69, 9.17) is 0 Å². The number of amides is 1. The van der Waals surface area contributed by atoms with E-state index in [0.717, 1.165) is 0 Å². The summed E-state index contributed by atoms with van der Waals surface area (Å²) in [5.74, 6) is -0.857. The van der Waals surface area contributed by atoms with Gasteiger partial charge in [0.15, 0.2) is 0 Å². The molecule has 0 saturated heterocycles. The summed E-state index contributed by atoms with van der Waals surface area (Å²) in [4.78, 5) is 15.8. The zero-order valence-corrected chi connectivity index (χ0v) is 12.0. The Balaban J connectivity index is 1.99. The highest BCUT2D eigenvalue weighted by molar-refractivity contribution is 9.10. The molecule has 1 unspecified atom stereocenters. The maximum absolute atomic E-state index is 13.5. The van der Waals surface area contributed by atoms with E-state index >= 15 is 0 Å². The fourth-order valence-corrected chi connectivity index (χ4v) is 2.06. The van der Waals surface area contributed by atoms with Gasteiger partial charge in [-0.3, -0.25) is 4.79 Å². The molecule has 104 valence electrons. The van der Waals surface area contributed by atoms with Crippen molar-refractivity contribution in [2.45, 2.75) is 6.10 Å². The lowest BCUT2D eigenvalue weighted by Crippen LogP contribution is -2.28. The Bertz CT molecular complexity index is 622. The number of halogens is 2. The van der Waals surface area contributed by atoms with Crippen LogP contribution in [0.15, 0.2) is 47.2 Å². The molecule has 0 aliphatic rings. The van der Waals surface area contributed by atoms with Crippen molar-refractivity contribution >= 4 is 21.8 Å². The van der Waals surface area contributed by atoms with Crippen LogP contribution in [0, 0.1) is 5.82 Å². The largest absolute Gasteiger partial charge is 0.386 e. The van der Waals surface area contributed by atoms with Gasteiger partial charge >= 0.3 is 0 Å². The quantitative estimate of drug-likeness (QED) is 0.841. The Morgan fingerprint density at radius 2 is 2.15 bits per heavy atom. The molecule has 0 fully saturated rings. The first-order valence-corrected chi connectivity index (χ1v) is 6.69. The molecule has 0 aliphatic carbocycles. The van der Waals surface area contributed by atoms with Crippen LogP contribution in [0.1, 0.15) is 22.0 Å². The van der Waals surface area contributed by atoms with Gasteiger partial charge in [-0.25, -0.2) is 9.37 Å². The van der Waals surface area contributed by atoms with Gasteiger partial charge in [-0.1, -0.05) is 18.2 Å². The number of rotatable bonds is 4. The van der Waals surface area contributed by atoms with E-state index < -0.39 is 11.9 Å². The van der Waals surface area contributed by atoms with Gasteiger partial charge in [0, 0.05) is 23.9 Å². The maximum Gasteiger partial charge on any atom is 0.251 e. The van der Waals surface area contributed by atoms with E-state index in [0.29, 0.717) is 10.2 Å². The lowest BCUT2D eigenvalue weighted by Gasteiger charge is -2.13. The highest BCUT2D eigenvalue weighted by atomic mass is 79.9. The summed E-state index contributed by atoms with van der Waals surface area (Å²) in [7, 11) is 0. The molecule has 0 radical (unpaired) electrons. The van der Waals surface area contributed by atoms with Gasteiger partial charge in [0.05, 0.1) is 6.10 Å². The SMILES string of the molecule is O=C(NCC(O)c1ccccc1F)c1ccnc(Br)c1. The van der Waals surface area contributed by atoms with Crippen LogP contribution in [0.25, 0.3) is 0 Å². The summed E-state index contributed by atoms with van der Waals surface area (Å²) in [5.41, 5.74) is 0.566. The van der Waals surface area contributed by atoms with Crippen LogP contribution in [0.2, 0.25) is 0 Å². The molecule has 1 heterocycles. The van der Waals surface area contributed by atoms with Crippen LogP contribution < -0.4 is 5.32 Å². The number of hydrogen-bond donors (Lipinski definition) is 2. The zero-order valence-electron chi connectivity index (χ0n) is 10.4. The third kappa shape index (κ3) is 3.61. The fraction of sp³-hybridized carbons (Fsp3) is 0.143. The standard InChI is InChI=1S/C14H12BrFN2O2/c15-13-7-9(5-6-17-13)14(20)18-8-12(19)10-3-1-2-4-11(10)16/h1-7,12,19H,8H2,(H,18,20). The number of aromatic nitrogens is 1. The normalized spacial score (nSPS) is 11.9. The summed E-state index contributed by atoms with van der Waals surface area (Å²) in [5, 5.41) is 12.4. The van der Waals surface area contributed by atoms with E-state index in [1.54, 1.807) is 24.3 Å². The van der Waals surface area contributed by atoms with Gasteiger partial charge in [-0.05, 0) is 34.1 Å². The second kappa shape index (κ2) is 6.58. The number of carbonyl (C=O) groups is 1.